The number of hydrogen-bond donors (Lipinski definition) is 1. The van der Waals surface area contributed by atoms with Gasteiger partial charge in [-0.2, -0.15) is 0 Å². The summed E-state index contributed by atoms with van der Waals surface area (Å²) in [5.74, 6) is 0.0153. The lowest BCUT2D eigenvalue weighted by molar-refractivity contribution is -0.136. The van der Waals surface area contributed by atoms with Crippen LogP contribution in [0.15, 0.2) is 72.8 Å². The summed E-state index contributed by atoms with van der Waals surface area (Å²) in [4.78, 5) is 13.1. The van der Waals surface area contributed by atoms with E-state index < -0.39 is 5.97 Å². The highest BCUT2D eigenvalue weighted by molar-refractivity contribution is 5.67. The number of aryl methyl sites for hydroxylation is 1. The molecule has 0 saturated carbocycles. The van der Waals surface area contributed by atoms with E-state index >= 15 is 0 Å². The van der Waals surface area contributed by atoms with E-state index in [1.54, 1.807) is 0 Å². The summed E-state index contributed by atoms with van der Waals surface area (Å²) in [6, 6.07) is 16.7. The number of carbonyl (C=O) groups is 1. The third kappa shape index (κ3) is 6.53. The lowest BCUT2D eigenvalue weighted by Gasteiger charge is -2.30. The number of rotatable bonds is 7. The lowest BCUT2D eigenvalue weighted by atomic mass is 10.1. The zero-order valence-electron chi connectivity index (χ0n) is 17.0. The van der Waals surface area contributed by atoms with E-state index in [4.69, 9.17) is 9.84 Å². The highest BCUT2D eigenvalue weighted by Gasteiger charge is 2.14. The van der Waals surface area contributed by atoms with Crippen molar-refractivity contribution < 1.29 is 14.6 Å². The average molecular weight is 392 g/mol. The molecule has 2 aromatic rings. The maximum atomic E-state index is 10.7. The molecule has 1 unspecified atom stereocenters. The van der Waals surface area contributed by atoms with Crippen LogP contribution in [0.2, 0.25) is 0 Å². The zero-order chi connectivity index (χ0) is 20.5. The number of aliphatic carboxylic acids is 1. The highest BCUT2D eigenvalue weighted by atomic mass is 16.5. The summed E-state index contributed by atoms with van der Waals surface area (Å²) < 4.78 is 5.95. The molecular formula is C25H29NO3. The molecule has 4 nitrogen and oxygen atoms in total. The predicted molar refractivity (Wildman–Crippen MR) is 117 cm³/mol. The normalized spacial score (nSPS) is 18.9. The average Bonchev–Trinajstić information content (AvgIpc) is 2.83. The van der Waals surface area contributed by atoms with Crippen LogP contribution in [0.4, 0.5) is 5.69 Å². The molecule has 0 fully saturated rings. The molecule has 3 rings (SSSR count). The molecule has 1 aliphatic heterocycles. The Hall–Kier alpha value is -3.01. The summed E-state index contributed by atoms with van der Waals surface area (Å²) in [5, 5.41) is 8.78. The second kappa shape index (κ2) is 10.5. The summed E-state index contributed by atoms with van der Waals surface area (Å²) >= 11 is 0. The molecule has 1 heterocycles. The molecule has 152 valence electrons. The van der Waals surface area contributed by atoms with Gasteiger partial charge in [0.15, 0.2) is 0 Å². The van der Waals surface area contributed by atoms with Crippen molar-refractivity contribution in [3.8, 4) is 5.75 Å². The third-order valence-corrected chi connectivity index (χ3v) is 5.17. The van der Waals surface area contributed by atoms with Gasteiger partial charge in [-0.25, -0.2) is 0 Å². The number of anilines is 1. The van der Waals surface area contributed by atoms with E-state index in [2.05, 4.69) is 60.4 Å². The molecule has 2 aromatic carbocycles. The number of nitrogens with zero attached hydrogens (tertiary/aromatic N) is 1. The SMILES string of the molecule is CC1CC/C=C\C=C/CN1c1cccc(COc2ccc(CCC(=O)O)cc2)c1. The maximum absolute atomic E-state index is 10.7. The van der Waals surface area contributed by atoms with Crippen LogP contribution in [0.5, 0.6) is 5.75 Å². The van der Waals surface area contributed by atoms with Crippen molar-refractivity contribution in [2.24, 2.45) is 0 Å². The van der Waals surface area contributed by atoms with Gasteiger partial charge >= 0.3 is 5.97 Å². The zero-order valence-corrected chi connectivity index (χ0v) is 17.0. The molecule has 0 radical (unpaired) electrons. The second-order valence-corrected chi connectivity index (χ2v) is 7.43. The van der Waals surface area contributed by atoms with Crippen LogP contribution < -0.4 is 9.64 Å². The van der Waals surface area contributed by atoms with Crippen molar-refractivity contribution in [1.29, 1.82) is 0 Å². The van der Waals surface area contributed by atoms with Crippen LogP contribution in [0.1, 0.15) is 37.3 Å². The highest BCUT2D eigenvalue weighted by Crippen LogP contribution is 2.23. The fourth-order valence-corrected chi connectivity index (χ4v) is 3.46. The molecule has 4 heteroatoms. The fourth-order valence-electron chi connectivity index (χ4n) is 3.46. The van der Waals surface area contributed by atoms with Gasteiger partial charge in [-0.3, -0.25) is 4.79 Å². The summed E-state index contributed by atoms with van der Waals surface area (Å²) in [5.41, 5.74) is 3.35. The number of carboxylic acids is 1. The van der Waals surface area contributed by atoms with Crippen molar-refractivity contribution in [3.63, 3.8) is 0 Å². The Labute approximate surface area is 173 Å². The van der Waals surface area contributed by atoms with Crippen molar-refractivity contribution in [1.82, 2.24) is 0 Å². The van der Waals surface area contributed by atoms with E-state index in [0.29, 0.717) is 19.1 Å². The first-order valence-electron chi connectivity index (χ1n) is 10.2. The Morgan fingerprint density at radius 2 is 1.90 bits per heavy atom. The Morgan fingerprint density at radius 3 is 2.69 bits per heavy atom. The molecule has 0 saturated heterocycles. The quantitative estimate of drug-likeness (QED) is 0.688. The van der Waals surface area contributed by atoms with Gasteiger partial charge < -0.3 is 14.7 Å². The van der Waals surface area contributed by atoms with E-state index in [9.17, 15) is 4.79 Å². The molecular weight excluding hydrogens is 362 g/mol. The fraction of sp³-hybridized carbons (Fsp3) is 0.320. The molecule has 0 aromatic heterocycles. The number of hydrogen-bond acceptors (Lipinski definition) is 3. The Balaban J connectivity index is 1.61. The monoisotopic (exact) mass is 391 g/mol. The van der Waals surface area contributed by atoms with Crippen LogP contribution in [0.3, 0.4) is 0 Å². The van der Waals surface area contributed by atoms with Crippen molar-refractivity contribution in [3.05, 3.63) is 84.0 Å². The lowest BCUT2D eigenvalue weighted by Crippen LogP contribution is -2.33. The van der Waals surface area contributed by atoms with Crippen LogP contribution >= 0.6 is 0 Å². The summed E-state index contributed by atoms with van der Waals surface area (Å²) in [6.07, 6.45) is 11.6. The second-order valence-electron chi connectivity index (χ2n) is 7.43. The molecule has 29 heavy (non-hydrogen) atoms. The third-order valence-electron chi connectivity index (χ3n) is 5.17. The van der Waals surface area contributed by atoms with Gasteiger partial charge in [-0.15, -0.1) is 0 Å². The minimum absolute atomic E-state index is 0.146. The molecule has 1 N–H and O–H groups in total. The van der Waals surface area contributed by atoms with Gasteiger partial charge in [0.05, 0.1) is 0 Å². The minimum Gasteiger partial charge on any atom is -0.489 e. The number of allylic oxidation sites excluding steroid dienone is 3. The van der Waals surface area contributed by atoms with Gasteiger partial charge in [0, 0.05) is 24.7 Å². The molecule has 0 aliphatic carbocycles. The van der Waals surface area contributed by atoms with E-state index in [0.717, 1.165) is 36.3 Å². The van der Waals surface area contributed by atoms with Crippen molar-refractivity contribution in [2.75, 3.05) is 11.4 Å². The van der Waals surface area contributed by atoms with E-state index in [-0.39, 0.29) is 6.42 Å². The summed E-state index contributed by atoms with van der Waals surface area (Å²) in [6.45, 7) is 3.68. The van der Waals surface area contributed by atoms with Gasteiger partial charge in [-0.1, -0.05) is 48.6 Å². The molecule has 0 amide bonds. The summed E-state index contributed by atoms with van der Waals surface area (Å²) in [7, 11) is 0. The van der Waals surface area contributed by atoms with Crippen molar-refractivity contribution in [2.45, 2.75) is 45.3 Å². The van der Waals surface area contributed by atoms with Gasteiger partial charge in [0.2, 0.25) is 0 Å². The van der Waals surface area contributed by atoms with Gasteiger partial charge in [-0.05, 0) is 61.6 Å². The maximum Gasteiger partial charge on any atom is 0.303 e. The molecule has 0 spiro atoms. The van der Waals surface area contributed by atoms with Crippen LogP contribution in [0.25, 0.3) is 0 Å². The minimum atomic E-state index is -0.776. The van der Waals surface area contributed by atoms with Crippen LogP contribution in [-0.2, 0) is 17.8 Å². The Kier molecular flexibility index (Phi) is 7.51. The first kappa shape index (κ1) is 20.7. The largest absolute Gasteiger partial charge is 0.489 e. The van der Waals surface area contributed by atoms with Gasteiger partial charge in [0.25, 0.3) is 0 Å². The first-order chi connectivity index (χ1) is 14.1. The number of carboxylic acid groups (broad SMARTS) is 1. The topological polar surface area (TPSA) is 49.8 Å². The molecule has 0 bridgehead atoms. The van der Waals surface area contributed by atoms with E-state index in [1.165, 1.54) is 5.69 Å². The number of ether oxygens (including phenoxy) is 1. The smallest absolute Gasteiger partial charge is 0.303 e. The van der Waals surface area contributed by atoms with E-state index in [1.807, 2.05) is 24.3 Å². The van der Waals surface area contributed by atoms with Crippen LogP contribution in [-0.4, -0.2) is 23.7 Å². The molecule has 1 aliphatic rings. The Morgan fingerprint density at radius 1 is 1.10 bits per heavy atom. The molecule has 1 atom stereocenters. The standard InChI is InChI=1S/C25H29NO3/c1-20-8-5-3-2-4-6-17-26(20)23-10-7-9-22(18-23)19-29-24-14-11-21(12-15-24)13-16-25(27)28/h2-4,6-7,9-12,14-15,18,20H,5,8,13,16-17,19H2,1H3,(H,27,28)/b3-2-,6-4-. The number of benzene rings is 2. The Bertz CT molecular complexity index is 855. The van der Waals surface area contributed by atoms with Gasteiger partial charge in [0.1, 0.15) is 12.4 Å². The van der Waals surface area contributed by atoms with Crippen LogP contribution in [0, 0.1) is 0 Å². The first-order valence-corrected chi connectivity index (χ1v) is 10.2. The van der Waals surface area contributed by atoms with Crippen molar-refractivity contribution >= 4 is 11.7 Å². The predicted octanol–water partition coefficient (Wildman–Crippen LogP) is 5.38.